The van der Waals surface area contributed by atoms with Gasteiger partial charge < -0.3 is 14.8 Å². The normalized spacial score (nSPS) is 10.0. The summed E-state index contributed by atoms with van der Waals surface area (Å²) in [6.07, 6.45) is 0. The van der Waals surface area contributed by atoms with Crippen LogP contribution in [0.1, 0.15) is 9.67 Å². The van der Waals surface area contributed by atoms with Gasteiger partial charge in [0.25, 0.3) is 5.91 Å². The summed E-state index contributed by atoms with van der Waals surface area (Å²) in [7, 11) is 0. The van der Waals surface area contributed by atoms with Gasteiger partial charge >= 0.3 is 5.97 Å². The van der Waals surface area contributed by atoms with E-state index in [1.165, 1.54) is 11.3 Å². The number of esters is 1. The maximum atomic E-state index is 11.6. The number of rotatable bonds is 7. The summed E-state index contributed by atoms with van der Waals surface area (Å²) in [5.74, 6) is -0.0763. The van der Waals surface area contributed by atoms with Gasteiger partial charge in [-0.3, -0.25) is 9.59 Å². The van der Waals surface area contributed by atoms with Gasteiger partial charge in [0, 0.05) is 4.47 Å². The number of halogens is 1. The Morgan fingerprint density at radius 1 is 1.14 bits per heavy atom. The molecule has 0 fully saturated rings. The second-order valence-corrected chi connectivity index (χ2v) is 6.05. The number of nitrogens with one attached hydrogen (secondary N) is 1. The summed E-state index contributed by atoms with van der Waals surface area (Å²) in [5, 5.41) is 4.30. The Bertz CT molecular complexity index is 613. The van der Waals surface area contributed by atoms with Gasteiger partial charge in [0.15, 0.2) is 0 Å². The van der Waals surface area contributed by atoms with Crippen LogP contribution in [0.5, 0.6) is 5.75 Å². The minimum absolute atomic E-state index is 0.129. The van der Waals surface area contributed by atoms with Gasteiger partial charge in [-0.15, -0.1) is 11.3 Å². The predicted octanol–water partition coefficient (Wildman–Crippen LogP) is 2.86. The second kappa shape index (κ2) is 8.55. The molecule has 1 aromatic heterocycles. The van der Waals surface area contributed by atoms with Gasteiger partial charge in [0.2, 0.25) is 0 Å². The number of amides is 1. The molecule has 0 unspecified atom stereocenters. The largest absolute Gasteiger partial charge is 0.490 e. The van der Waals surface area contributed by atoms with Gasteiger partial charge in [0.05, 0.1) is 4.88 Å². The molecule has 116 valence electrons. The molecular weight excluding hydrogens is 370 g/mol. The zero-order valence-electron chi connectivity index (χ0n) is 11.6. The van der Waals surface area contributed by atoms with Crippen molar-refractivity contribution >= 4 is 39.1 Å². The first-order chi connectivity index (χ1) is 10.6. The monoisotopic (exact) mass is 383 g/mol. The molecule has 1 heterocycles. The molecule has 0 saturated carbocycles. The number of benzene rings is 1. The molecule has 0 spiro atoms. The number of hydrogen-bond acceptors (Lipinski definition) is 5. The molecular formula is C15H14BrNO4S. The van der Waals surface area contributed by atoms with Crippen LogP contribution in [0.25, 0.3) is 0 Å². The van der Waals surface area contributed by atoms with Crippen molar-refractivity contribution in [2.45, 2.75) is 0 Å². The van der Waals surface area contributed by atoms with Crippen molar-refractivity contribution in [3.63, 3.8) is 0 Å². The summed E-state index contributed by atoms with van der Waals surface area (Å²) in [4.78, 5) is 23.7. The Kier molecular flexibility index (Phi) is 6.42. The first-order valence-corrected chi connectivity index (χ1v) is 8.18. The van der Waals surface area contributed by atoms with Gasteiger partial charge in [-0.2, -0.15) is 0 Å². The van der Waals surface area contributed by atoms with E-state index < -0.39 is 5.97 Å². The number of hydrogen-bond donors (Lipinski definition) is 1. The van der Waals surface area contributed by atoms with Crippen molar-refractivity contribution in [2.24, 2.45) is 0 Å². The van der Waals surface area contributed by atoms with Gasteiger partial charge in [-0.1, -0.05) is 22.0 Å². The maximum absolute atomic E-state index is 11.6. The van der Waals surface area contributed by atoms with Crippen LogP contribution in [-0.2, 0) is 9.53 Å². The quantitative estimate of drug-likeness (QED) is 0.589. The van der Waals surface area contributed by atoms with E-state index >= 15 is 0 Å². The van der Waals surface area contributed by atoms with Crippen LogP contribution in [0, 0.1) is 0 Å². The molecule has 1 N–H and O–H groups in total. The maximum Gasteiger partial charge on any atom is 0.325 e. The Morgan fingerprint density at radius 2 is 1.91 bits per heavy atom. The fraction of sp³-hybridized carbons (Fsp3) is 0.200. The number of ether oxygens (including phenoxy) is 2. The molecule has 1 aromatic carbocycles. The number of carbonyl (C=O) groups excluding carboxylic acids is 2. The SMILES string of the molecule is O=C(CNC(=O)c1cccs1)OCCOc1ccc(Br)cc1. The van der Waals surface area contributed by atoms with E-state index in [2.05, 4.69) is 21.2 Å². The minimum Gasteiger partial charge on any atom is -0.490 e. The Hall–Kier alpha value is -1.86. The van der Waals surface area contributed by atoms with Crippen molar-refractivity contribution in [3.8, 4) is 5.75 Å². The van der Waals surface area contributed by atoms with Crippen LogP contribution in [0.4, 0.5) is 0 Å². The number of thiophene rings is 1. The standard InChI is InChI=1S/C15H14BrNO4S/c16-11-3-5-12(6-4-11)20-7-8-21-14(18)10-17-15(19)13-2-1-9-22-13/h1-6,9H,7-8,10H2,(H,17,19). The first kappa shape index (κ1) is 16.5. The van der Waals surface area contributed by atoms with Gasteiger partial charge in [0.1, 0.15) is 25.5 Å². The molecule has 2 aromatic rings. The summed E-state index contributed by atoms with van der Waals surface area (Å²) < 4.78 is 11.3. The highest BCUT2D eigenvalue weighted by molar-refractivity contribution is 9.10. The average Bonchev–Trinajstić information content (AvgIpc) is 3.05. The third kappa shape index (κ3) is 5.50. The van der Waals surface area contributed by atoms with Crippen LogP contribution >= 0.6 is 27.3 Å². The molecule has 0 aliphatic carbocycles. The molecule has 0 radical (unpaired) electrons. The van der Waals surface area contributed by atoms with Crippen LogP contribution < -0.4 is 10.1 Å². The lowest BCUT2D eigenvalue weighted by Gasteiger charge is -2.08. The van der Waals surface area contributed by atoms with Gasteiger partial charge in [-0.25, -0.2) is 0 Å². The van der Waals surface area contributed by atoms with Crippen molar-refractivity contribution in [2.75, 3.05) is 19.8 Å². The number of carbonyl (C=O) groups is 2. The molecule has 2 rings (SSSR count). The van der Waals surface area contributed by atoms with Crippen molar-refractivity contribution in [3.05, 3.63) is 51.1 Å². The molecule has 22 heavy (non-hydrogen) atoms. The minimum atomic E-state index is -0.496. The average molecular weight is 384 g/mol. The lowest BCUT2D eigenvalue weighted by atomic mass is 10.3. The molecule has 7 heteroatoms. The van der Waals surface area contributed by atoms with E-state index in [-0.39, 0.29) is 25.7 Å². The summed E-state index contributed by atoms with van der Waals surface area (Å²) in [6.45, 7) is 0.227. The van der Waals surface area contributed by atoms with E-state index in [4.69, 9.17) is 9.47 Å². The third-order valence-electron chi connectivity index (χ3n) is 2.57. The van der Waals surface area contributed by atoms with Crippen LogP contribution in [0.2, 0.25) is 0 Å². The van der Waals surface area contributed by atoms with E-state index in [0.29, 0.717) is 10.6 Å². The summed E-state index contributed by atoms with van der Waals surface area (Å²) >= 11 is 4.65. The van der Waals surface area contributed by atoms with E-state index in [1.807, 2.05) is 24.3 Å². The lowest BCUT2D eigenvalue weighted by molar-refractivity contribution is -0.143. The van der Waals surface area contributed by atoms with E-state index in [1.54, 1.807) is 17.5 Å². The van der Waals surface area contributed by atoms with Crippen molar-refractivity contribution in [1.82, 2.24) is 5.32 Å². The fourth-order valence-electron chi connectivity index (χ4n) is 1.54. The summed E-state index contributed by atoms with van der Waals surface area (Å²) in [5.41, 5.74) is 0. The van der Waals surface area contributed by atoms with Crippen LogP contribution in [0.15, 0.2) is 46.3 Å². The van der Waals surface area contributed by atoms with E-state index in [0.717, 1.165) is 4.47 Å². The molecule has 0 aliphatic rings. The smallest absolute Gasteiger partial charge is 0.325 e. The fourth-order valence-corrected chi connectivity index (χ4v) is 2.45. The highest BCUT2D eigenvalue weighted by Crippen LogP contribution is 2.15. The van der Waals surface area contributed by atoms with Crippen molar-refractivity contribution in [1.29, 1.82) is 0 Å². The van der Waals surface area contributed by atoms with E-state index in [9.17, 15) is 9.59 Å². The first-order valence-electron chi connectivity index (χ1n) is 6.51. The molecule has 0 saturated heterocycles. The second-order valence-electron chi connectivity index (χ2n) is 4.18. The highest BCUT2D eigenvalue weighted by atomic mass is 79.9. The molecule has 1 amide bonds. The molecule has 0 bridgehead atoms. The zero-order valence-corrected chi connectivity index (χ0v) is 14.0. The summed E-state index contributed by atoms with van der Waals surface area (Å²) in [6, 6.07) is 10.8. The highest BCUT2D eigenvalue weighted by Gasteiger charge is 2.09. The Morgan fingerprint density at radius 3 is 2.59 bits per heavy atom. The Balaban J connectivity index is 1.59. The lowest BCUT2D eigenvalue weighted by Crippen LogP contribution is -2.30. The topological polar surface area (TPSA) is 64.6 Å². The third-order valence-corrected chi connectivity index (χ3v) is 3.96. The molecule has 5 nitrogen and oxygen atoms in total. The Labute approximate surface area is 140 Å². The predicted molar refractivity (Wildman–Crippen MR) is 87.2 cm³/mol. The molecule has 0 aliphatic heterocycles. The zero-order chi connectivity index (χ0) is 15.8. The van der Waals surface area contributed by atoms with Crippen LogP contribution in [-0.4, -0.2) is 31.6 Å². The molecule has 0 atom stereocenters. The van der Waals surface area contributed by atoms with Crippen molar-refractivity contribution < 1.29 is 19.1 Å². The van der Waals surface area contributed by atoms with Crippen LogP contribution in [0.3, 0.4) is 0 Å². The van der Waals surface area contributed by atoms with Gasteiger partial charge in [-0.05, 0) is 35.7 Å².